The van der Waals surface area contributed by atoms with Crippen LogP contribution in [0.1, 0.15) is 31.9 Å². The van der Waals surface area contributed by atoms with Crippen LogP contribution in [-0.2, 0) is 4.79 Å². The number of ether oxygens (including phenoxy) is 2. The number of nitrogens with one attached hydrogen (secondary N) is 1. The van der Waals surface area contributed by atoms with Gasteiger partial charge in [0.15, 0.2) is 6.61 Å². The first-order valence-corrected chi connectivity index (χ1v) is 8.29. The predicted octanol–water partition coefficient (Wildman–Crippen LogP) is 4.12. The summed E-state index contributed by atoms with van der Waals surface area (Å²) in [6, 6.07) is 13.1. The molecule has 25 heavy (non-hydrogen) atoms. The minimum Gasteiger partial charge on any atom is -0.497 e. The van der Waals surface area contributed by atoms with Crippen LogP contribution >= 0.6 is 0 Å². The maximum absolute atomic E-state index is 12.9. The van der Waals surface area contributed by atoms with E-state index in [1.807, 2.05) is 24.3 Å². The fourth-order valence-corrected chi connectivity index (χ4v) is 2.50. The monoisotopic (exact) mass is 345 g/mol. The van der Waals surface area contributed by atoms with E-state index < -0.39 is 0 Å². The van der Waals surface area contributed by atoms with Crippen molar-refractivity contribution in [1.29, 1.82) is 0 Å². The van der Waals surface area contributed by atoms with Gasteiger partial charge in [0.05, 0.1) is 13.2 Å². The van der Waals surface area contributed by atoms with Crippen LogP contribution in [0.15, 0.2) is 48.5 Å². The molecular weight excluding hydrogens is 321 g/mol. The van der Waals surface area contributed by atoms with Crippen molar-refractivity contribution in [2.75, 3.05) is 13.7 Å². The molecule has 0 saturated heterocycles. The van der Waals surface area contributed by atoms with E-state index >= 15 is 0 Å². The summed E-state index contributed by atoms with van der Waals surface area (Å²) >= 11 is 0. The molecule has 0 saturated carbocycles. The first kappa shape index (κ1) is 18.8. The van der Waals surface area contributed by atoms with Crippen molar-refractivity contribution >= 4 is 5.91 Å². The van der Waals surface area contributed by atoms with Gasteiger partial charge in [-0.3, -0.25) is 4.79 Å². The molecule has 134 valence electrons. The molecule has 0 unspecified atom stereocenters. The lowest BCUT2D eigenvalue weighted by Crippen LogP contribution is -2.33. The SMILES string of the molecule is COc1ccc([C@@H](CC(C)C)NC(=O)COc2ccc(F)cc2)cc1. The predicted molar refractivity (Wildman–Crippen MR) is 95.2 cm³/mol. The number of methoxy groups -OCH3 is 1. The number of benzene rings is 2. The van der Waals surface area contributed by atoms with Gasteiger partial charge in [0.25, 0.3) is 5.91 Å². The van der Waals surface area contributed by atoms with Crippen LogP contribution in [0.25, 0.3) is 0 Å². The Hall–Kier alpha value is -2.56. The van der Waals surface area contributed by atoms with Crippen molar-refractivity contribution in [3.63, 3.8) is 0 Å². The van der Waals surface area contributed by atoms with E-state index in [0.717, 1.165) is 17.7 Å². The molecule has 2 aromatic rings. The zero-order chi connectivity index (χ0) is 18.2. The second kappa shape index (κ2) is 9.06. The lowest BCUT2D eigenvalue weighted by molar-refractivity contribution is -0.124. The summed E-state index contributed by atoms with van der Waals surface area (Å²) in [4.78, 5) is 12.2. The van der Waals surface area contributed by atoms with Gasteiger partial charge in [-0.1, -0.05) is 26.0 Å². The number of hydrogen-bond donors (Lipinski definition) is 1. The molecule has 2 rings (SSSR count). The maximum Gasteiger partial charge on any atom is 0.258 e. The highest BCUT2D eigenvalue weighted by molar-refractivity contribution is 5.78. The average molecular weight is 345 g/mol. The van der Waals surface area contributed by atoms with E-state index in [1.165, 1.54) is 24.3 Å². The summed E-state index contributed by atoms with van der Waals surface area (Å²) in [5.41, 5.74) is 1.02. The summed E-state index contributed by atoms with van der Waals surface area (Å²) in [5.74, 6) is 1.10. The highest BCUT2D eigenvalue weighted by Gasteiger charge is 2.16. The highest BCUT2D eigenvalue weighted by atomic mass is 19.1. The lowest BCUT2D eigenvalue weighted by atomic mass is 9.97. The standard InChI is InChI=1S/C20H24FNO3/c1-14(2)12-19(15-4-8-17(24-3)9-5-15)22-20(23)13-25-18-10-6-16(21)7-11-18/h4-11,14,19H,12-13H2,1-3H3,(H,22,23)/t19-/m1/s1. The van der Waals surface area contributed by atoms with Gasteiger partial charge in [0.2, 0.25) is 0 Å². The first-order valence-electron chi connectivity index (χ1n) is 8.29. The van der Waals surface area contributed by atoms with Gasteiger partial charge in [-0.2, -0.15) is 0 Å². The smallest absolute Gasteiger partial charge is 0.258 e. The minimum absolute atomic E-state index is 0.102. The third-order valence-electron chi connectivity index (χ3n) is 3.74. The van der Waals surface area contributed by atoms with Crippen molar-refractivity contribution in [3.05, 3.63) is 59.9 Å². The van der Waals surface area contributed by atoms with Crippen LogP contribution < -0.4 is 14.8 Å². The van der Waals surface area contributed by atoms with Crippen LogP contribution in [-0.4, -0.2) is 19.6 Å². The summed E-state index contributed by atoms with van der Waals surface area (Å²) in [6.45, 7) is 4.10. The third kappa shape index (κ3) is 6.10. The van der Waals surface area contributed by atoms with Gasteiger partial charge in [0, 0.05) is 0 Å². The molecule has 4 nitrogen and oxygen atoms in total. The Morgan fingerprint density at radius 2 is 1.64 bits per heavy atom. The molecule has 0 aliphatic carbocycles. The molecule has 1 N–H and O–H groups in total. The van der Waals surface area contributed by atoms with Crippen molar-refractivity contribution in [2.24, 2.45) is 5.92 Å². The summed E-state index contributed by atoms with van der Waals surface area (Å²) in [6.07, 6.45) is 0.814. The van der Waals surface area contributed by atoms with Crippen LogP contribution in [0.2, 0.25) is 0 Å². The quantitative estimate of drug-likeness (QED) is 0.783. The Labute approximate surface area is 148 Å². The van der Waals surface area contributed by atoms with E-state index in [2.05, 4.69) is 19.2 Å². The Bertz CT molecular complexity index is 668. The van der Waals surface area contributed by atoms with Gasteiger partial charge < -0.3 is 14.8 Å². The Kier molecular flexibility index (Phi) is 6.81. The Balaban J connectivity index is 1.97. The Morgan fingerprint density at radius 1 is 1.04 bits per heavy atom. The Morgan fingerprint density at radius 3 is 2.20 bits per heavy atom. The lowest BCUT2D eigenvalue weighted by Gasteiger charge is -2.21. The van der Waals surface area contributed by atoms with Crippen LogP contribution in [0.5, 0.6) is 11.5 Å². The topological polar surface area (TPSA) is 47.6 Å². The second-order valence-electron chi connectivity index (χ2n) is 6.27. The second-order valence-corrected chi connectivity index (χ2v) is 6.27. The van der Waals surface area contributed by atoms with E-state index in [-0.39, 0.29) is 24.4 Å². The molecule has 1 atom stereocenters. The average Bonchev–Trinajstić information content (AvgIpc) is 2.60. The molecule has 0 aliphatic heterocycles. The van der Waals surface area contributed by atoms with Crippen molar-refractivity contribution < 1.29 is 18.7 Å². The summed E-state index contributed by atoms with van der Waals surface area (Å²) < 4.78 is 23.5. The van der Waals surface area contributed by atoms with Crippen molar-refractivity contribution in [1.82, 2.24) is 5.32 Å². The summed E-state index contributed by atoms with van der Waals surface area (Å²) in [5, 5.41) is 3.00. The fourth-order valence-electron chi connectivity index (χ4n) is 2.50. The van der Waals surface area contributed by atoms with Crippen molar-refractivity contribution in [3.8, 4) is 11.5 Å². The van der Waals surface area contributed by atoms with Crippen LogP contribution in [0.4, 0.5) is 4.39 Å². The molecule has 0 aliphatic rings. The molecule has 0 spiro atoms. The van der Waals surface area contributed by atoms with Crippen LogP contribution in [0.3, 0.4) is 0 Å². The third-order valence-corrected chi connectivity index (χ3v) is 3.74. The van der Waals surface area contributed by atoms with E-state index in [0.29, 0.717) is 11.7 Å². The van der Waals surface area contributed by atoms with E-state index in [1.54, 1.807) is 7.11 Å². The molecule has 0 fully saturated rings. The first-order chi connectivity index (χ1) is 12.0. The number of hydrogen-bond acceptors (Lipinski definition) is 3. The fraction of sp³-hybridized carbons (Fsp3) is 0.350. The van der Waals surface area contributed by atoms with Gasteiger partial charge in [-0.15, -0.1) is 0 Å². The van der Waals surface area contributed by atoms with Gasteiger partial charge in [0.1, 0.15) is 17.3 Å². The molecular formula is C20H24FNO3. The maximum atomic E-state index is 12.9. The molecule has 0 aromatic heterocycles. The zero-order valence-corrected chi connectivity index (χ0v) is 14.8. The molecule has 2 aromatic carbocycles. The van der Waals surface area contributed by atoms with E-state index in [4.69, 9.17) is 9.47 Å². The van der Waals surface area contributed by atoms with Crippen LogP contribution in [0, 0.1) is 11.7 Å². The van der Waals surface area contributed by atoms with E-state index in [9.17, 15) is 9.18 Å². The highest BCUT2D eigenvalue weighted by Crippen LogP contribution is 2.23. The van der Waals surface area contributed by atoms with Gasteiger partial charge >= 0.3 is 0 Å². The number of rotatable bonds is 8. The number of amides is 1. The van der Waals surface area contributed by atoms with Gasteiger partial charge in [-0.05, 0) is 54.3 Å². The molecule has 5 heteroatoms. The normalized spacial score (nSPS) is 11.9. The minimum atomic E-state index is -0.340. The van der Waals surface area contributed by atoms with Crippen molar-refractivity contribution in [2.45, 2.75) is 26.3 Å². The van der Waals surface area contributed by atoms with Gasteiger partial charge in [-0.25, -0.2) is 4.39 Å². The number of halogens is 1. The number of carbonyl (C=O) groups is 1. The summed E-state index contributed by atoms with van der Waals surface area (Å²) in [7, 11) is 1.62. The number of carbonyl (C=O) groups excluding carboxylic acids is 1. The largest absolute Gasteiger partial charge is 0.497 e. The molecule has 0 radical (unpaired) electrons. The molecule has 1 amide bonds. The zero-order valence-electron chi connectivity index (χ0n) is 14.8. The molecule has 0 bridgehead atoms. The molecule has 0 heterocycles.